The van der Waals surface area contributed by atoms with Gasteiger partial charge in [0, 0.05) is 11.0 Å². The number of hydrogen-bond acceptors (Lipinski definition) is 2. The van der Waals surface area contributed by atoms with E-state index in [1.54, 1.807) is 12.1 Å². The van der Waals surface area contributed by atoms with Crippen molar-refractivity contribution in [1.29, 1.82) is 0 Å². The lowest BCUT2D eigenvalue weighted by Crippen LogP contribution is -2.22. The number of halogens is 2. The molecule has 0 aliphatic heterocycles. The van der Waals surface area contributed by atoms with Crippen LogP contribution in [0.1, 0.15) is 19.8 Å². The molecule has 1 aromatic rings. The van der Waals surface area contributed by atoms with Gasteiger partial charge in [0.25, 0.3) is 0 Å². The molecule has 1 aromatic carbocycles. The third-order valence-corrected chi connectivity index (χ3v) is 2.63. The molecule has 2 nitrogen and oxygen atoms in total. The van der Waals surface area contributed by atoms with Gasteiger partial charge in [0.05, 0.1) is 0 Å². The van der Waals surface area contributed by atoms with Crippen LogP contribution >= 0.6 is 15.9 Å². The SMILES string of the molecule is CCCCNCCOc1cc(Br)ccc1F. The maximum absolute atomic E-state index is 13.2. The maximum atomic E-state index is 13.2. The van der Waals surface area contributed by atoms with E-state index in [0.29, 0.717) is 12.4 Å². The third-order valence-electron chi connectivity index (χ3n) is 2.14. The summed E-state index contributed by atoms with van der Waals surface area (Å²) in [6.45, 7) is 4.36. The third kappa shape index (κ3) is 4.94. The van der Waals surface area contributed by atoms with E-state index in [0.717, 1.165) is 24.0 Å². The minimum atomic E-state index is -0.322. The fraction of sp³-hybridized carbons (Fsp3) is 0.500. The summed E-state index contributed by atoms with van der Waals surface area (Å²) >= 11 is 3.28. The molecule has 0 radical (unpaired) electrons. The van der Waals surface area contributed by atoms with Gasteiger partial charge in [-0.15, -0.1) is 0 Å². The maximum Gasteiger partial charge on any atom is 0.165 e. The molecule has 0 saturated carbocycles. The zero-order valence-electron chi connectivity index (χ0n) is 9.43. The van der Waals surface area contributed by atoms with Crippen LogP contribution in [0, 0.1) is 5.82 Å². The summed E-state index contributed by atoms with van der Waals surface area (Å²) in [5, 5.41) is 3.23. The van der Waals surface area contributed by atoms with Crippen molar-refractivity contribution in [3.05, 3.63) is 28.5 Å². The minimum Gasteiger partial charge on any atom is -0.489 e. The van der Waals surface area contributed by atoms with Gasteiger partial charge in [0.1, 0.15) is 6.61 Å². The highest BCUT2D eigenvalue weighted by Gasteiger charge is 2.02. The van der Waals surface area contributed by atoms with E-state index < -0.39 is 0 Å². The van der Waals surface area contributed by atoms with Gasteiger partial charge in [-0.1, -0.05) is 29.3 Å². The summed E-state index contributed by atoms with van der Waals surface area (Å²) in [4.78, 5) is 0. The van der Waals surface area contributed by atoms with Crippen LogP contribution in [-0.2, 0) is 0 Å². The Hall–Kier alpha value is -0.610. The lowest BCUT2D eigenvalue weighted by molar-refractivity contribution is 0.298. The van der Waals surface area contributed by atoms with Crippen molar-refractivity contribution in [1.82, 2.24) is 5.32 Å². The lowest BCUT2D eigenvalue weighted by Gasteiger charge is -2.08. The number of rotatable bonds is 7. The Kier molecular flexibility index (Phi) is 6.42. The second kappa shape index (κ2) is 7.63. The molecule has 0 heterocycles. The molecule has 0 unspecified atom stereocenters. The molecule has 0 amide bonds. The van der Waals surface area contributed by atoms with Gasteiger partial charge in [-0.05, 0) is 31.2 Å². The van der Waals surface area contributed by atoms with Crippen molar-refractivity contribution >= 4 is 15.9 Å². The largest absolute Gasteiger partial charge is 0.489 e. The summed E-state index contributed by atoms with van der Waals surface area (Å²) < 4.78 is 19.4. The molecule has 0 aliphatic rings. The van der Waals surface area contributed by atoms with E-state index in [-0.39, 0.29) is 5.82 Å². The van der Waals surface area contributed by atoms with Crippen LogP contribution in [0.4, 0.5) is 4.39 Å². The molecule has 0 saturated heterocycles. The molecule has 0 atom stereocenters. The predicted octanol–water partition coefficient (Wildman–Crippen LogP) is 3.36. The van der Waals surface area contributed by atoms with Crippen LogP contribution < -0.4 is 10.1 Å². The lowest BCUT2D eigenvalue weighted by atomic mass is 10.3. The van der Waals surface area contributed by atoms with Gasteiger partial charge in [-0.25, -0.2) is 4.39 Å². The zero-order valence-corrected chi connectivity index (χ0v) is 11.0. The molecular formula is C12H17BrFNO. The van der Waals surface area contributed by atoms with E-state index in [4.69, 9.17) is 4.74 Å². The monoisotopic (exact) mass is 289 g/mol. The highest BCUT2D eigenvalue weighted by Crippen LogP contribution is 2.21. The van der Waals surface area contributed by atoms with E-state index in [1.807, 2.05) is 0 Å². The fourth-order valence-electron chi connectivity index (χ4n) is 1.25. The first-order valence-corrected chi connectivity index (χ1v) is 6.32. The number of nitrogens with one attached hydrogen (secondary N) is 1. The summed E-state index contributed by atoms with van der Waals surface area (Å²) in [6, 6.07) is 4.69. The molecule has 0 bridgehead atoms. The van der Waals surface area contributed by atoms with Crippen LogP contribution in [0.5, 0.6) is 5.75 Å². The number of unbranched alkanes of at least 4 members (excludes halogenated alkanes) is 1. The fourth-order valence-corrected chi connectivity index (χ4v) is 1.59. The first-order chi connectivity index (χ1) is 7.74. The Labute approximate surface area is 104 Å². The highest BCUT2D eigenvalue weighted by molar-refractivity contribution is 9.10. The molecule has 0 aliphatic carbocycles. The van der Waals surface area contributed by atoms with Crippen molar-refractivity contribution in [3.63, 3.8) is 0 Å². The second-order valence-corrected chi connectivity index (χ2v) is 4.44. The molecule has 0 spiro atoms. The average molecular weight is 290 g/mol. The summed E-state index contributed by atoms with van der Waals surface area (Å²) in [5.74, 6) is -0.0246. The summed E-state index contributed by atoms with van der Waals surface area (Å²) in [5.41, 5.74) is 0. The van der Waals surface area contributed by atoms with Gasteiger partial charge in [0.15, 0.2) is 11.6 Å². The molecule has 90 valence electrons. The van der Waals surface area contributed by atoms with Gasteiger partial charge in [-0.2, -0.15) is 0 Å². The molecule has 16 heavy (non-hydrogen) atoms. The topological polar surface area (TPSA) is 21.3 Å². The molecule has 4 heteroatoms. The first kappa shape index (κ1) is 13.5. The predicted molar refractivity (Wildman–Crippen MR) is 67.4 cm³/mol. The van der Waals surface area contributed by atoms with Crippen molar-refractivity contribution in [2.75, 3.05) is 19.7 Å². The summed E-state index contributed by atoms with van der Waals surface area (Å²) in [7, 11) is 0. The Morgan fingerprint density at radius 1 is 1.38 bits per heavy atom. The molecule has 1 N–H and O–H groups in total. The summed E-state index contributed by atoms with van der Waals surface area (Å²) in [6.07, 6.45) is 2.33. The van der Waals surface area contributed by atoms with E-state index in [9.17, 15) is 4.39 Å². The molecule has 0 aromatic heterocycles. The Balaban J connectivity index is 2.23. The van der Waals surface area contributed by atoms with Gasteiger partial charge >= 0.3 is 0 Å². The Morgan fingerprint density at radius 3 is 2.94 bits per heavy atom. The number of ether oxygens (including phenoxy) is 1. The van der Waals surface area contributed by atoms with E-state index >= 15 is 0 Å². The quantitative estimate of drug-likeness (QED) is 0.777. The van der Waals surface area contributed by atoms with Crippen LogP contribution in [0.2, 0.25) is 0 Å². The number of hydrogen-bond donors (Lipinski definition) is 1. The average Bonchev–Trinajstić information content (AvgIpc) is 2.28. The highest BCUT2D eigenvalue weighted by atomic mass is 79.9. The molecular weight excluding hydrogens is 273 g/mol. The Morgan fingerprint density at radius 2 is 2.19 bits per heavy atom. The zero-order chi connectivity index (χ0) is 11.8. The van der Waals surface area contributed by atoms with Crippen molar-refractivity contribution in [2.45, 2.75) is 19.8 Å². The smallest absolute Gasteiger partial charge is 0.165 e. The molecule has 0 fully saturated rings. The van der Waals surface area contributed by atoms with Gasteiger partial charge < -0.3 is 10.1 Å². The van der Waals surface area contributed by atoms with Crippen LogP contribution in [-0.4, -0.2) is 19.7 Å². The molecule has 1 rings (SSSR count). The second-order valence-electron chi connectivity index (χ2n) is 3.53. The minimum absolute atomic E-state index is 0.298. The van der Waals surface area contributed by atoms with Crippen LogP contribution in [0.15, 0.2) is 22.7 Å². The number of benzene rings is 1. The van der Waals surface area contributed by atoms with Crippen molar-refractivity contribution < 1.29 is 9.13 Å². The standard InChI is InChI=1S/C12H17BrFNO/c1-2-3-6-15-7-8-16-12-9-10(13)4-5-11(12)14/h4-5,9,15H,2-3,6-8H2,1H3. The van der Waals surface area contributed by atoms with Gasteiger partial charge in [-0.3, -0.25) is 0 Å². The van der Waals surface area contributed by atoms with E-state index in [1.165, 1.54) is 12.5 Å². The van der Waals surface area contributed by atoms with E-state index in [2.05, 4.69) is 28.2 Å². The Bertz CT molecular complexity index is 320. The van der Waals surface area contributed by atoms with Crippen LogP contribution in [0.25, 0.3) is 0 Å². The van der Waals surface area contributed by atoms with Gasteiger partial charge in [0.2, 0.25) is 0 Å². The van der Waals surface area contributed by atoms with Crippen molar-refractivity contribution in [2.24, 2.45) is 0 Å². The van der Waals surface area contributed by atoms with Crippen molar-refractivity contribution in [3.8, 4) is 5.75 Å². The van der Waals surface area contributed by atoms with Crippen LogP contribution in [0.3, 0.4) is 0 Å². The normalized spacial score (nSPS) is 10.4. The first-order valence-electron chi connectivity index (χ1n) is 5.52.